The van der Waals surface area contributed by atoms with E-state index in [4.69, 9.17) is 0 Å². The van der Waals surface area contributed by atoms with Crippen LogP contribution in [0, 0.1) is 12.7 Å². The van der Waals surface area contributed by atoms with Crippen LogP contribution in [0.2, 0.25) is 0 Å². The summed E-state index contributed by atoms with van der Waals surface area (Å²) in [5, 5.41) is 16.4. The highest BCUT2D eigenvalue weighted by molar-refractivity contribution is 7.14. The molecule has 23 heavy (non-hydrogen) atoms. The van der Waals surface area contributed by atoms with Crippen molar-refractivity contribution in [3.05, 3.63) is 64.8 Å². The highest BCUT2D eigenvalue weighted by Gasteiger charge is 2.07. The third kappa shape index (κ3) is 3.37. The number of aromatic nitrogens is 1. The van der Waals surface area contributed by atoms with Crippen molar-refractivity contribution in [2.75, 3.05) is 5.32 Å². The number of nitrogens with one attached hydrogen (secondary N) is 1. The minimum atomic E-state index is -1.21. The van der Waals surface area contributed by atoms with Gasteiger partial charge in [-0.2, -0.15) is 0 Å². The molecule has 0 atom stereocenters. The molecule has 0 bridgehead atoms. The van der Waals surface area contributed by atoms with Crippen molar-refractivity contribution < 1.29 is 14.3 Å². The molecule has 1 heterocycles. The van der Waals surface area contributed by atoms with Gasteiger partial charge in [0.2, 0.25) is 0 Å². The maximum absolute atomic E-state index is 13.3. The van der Waals surface area contributed by atoms with Gasteiger partial charge in [0.1, 0.15) is 5.82 Å². The molecule has 1 N–H and O–H groups in total. The van der Waals surface area contributed by atoms with Crippen LogP contribution in [0.4, 0.5) is 15.2 Å². The van der Waals surface area contributed by atoms with Crippen LogP contribution in [-0.4, -0.2) is 11.0 Å². The molecule has 0 amide bonds. The summed E-state index contributed by atoms with van der Waals surface area (Å²) in [6, 6.07) is 11.1. The second-order valence-electron chi connectivity index (χ2n) is 4.99. The molecule has 3 aromatic rings. The fourth-order valence-electron chi connectivity index (χ4n) is 2.08. The first-order valence-corrected chi connectivity index (χ1v) is 7.71. The first-order chi connectivity index (χ1) is 11.0. The Morgan fingerprint density at radius 2 is 1.96 bits per heavy atom. The van der Waals surface area contributed by atoms with E-state index < -0.39 is 5.97 Å². The Hall–Kier alpha value is -2.73. The number of carboxylic acid groups (broad SMARTS) is 1. The quantitative estimate of drug-likeness (QED) is 0.798. The van der Waals surface area contributed by atoms with Crippen molar-refractivity contribution in [1.82, 2.24) is 4.98 Å². The monoisotopic (exact) mass is 327 g/mol. The average molecular weight is 327 g/mol. The van der Waals surface area contributed by atoms with E-state index in [1.165, 1.54) is 29.5 Å². The molecule has 4 nitrogen and oxygen atoms in total. The molecule has 0 unspecified atom stereocenters. The van der Waals surface area contributed by atoms with Crippen LogP contribution in [-0.2, 0) is 0 Å². The predicted molar refractivity (Wildman–Crippen MR) is 86.3 cm³/mol. The van der Waals surface area contributed by atoms with E-state index in [1.54, 1.807) is 31.2 Å². The van der Waals surface area contributed by atoms with E-state index in [2.05, 4.69) is 10.3 Å². The van der Waals surface area contributed by atoms with Gasteiger partial charge in [-0.3, -0.25) is 0 Å². The molecule has 0 saturated heterocycles. The Labute approximate surface area is 136 Å². The molecule has 0 spiro atoms. The Morgan fingerprint density at radius 3 is 2.61 bits per heavy atom. The number of carbonyl (C=O) groups is 1. The van der Waals surface area contributed by atoms with Crippen LogP contribution >= 0.6 is 11.3 Å². The number of aromatic carboxylic acids is 1. The smallest absolute Gasteiger partial charge is 0.187 e. The number of nitrogens with zero attached hydrogens (tertiary/aromatic N) is 1. The maximum atomic E-state index is 13.3. The summed E-state index contributed by atoms with van der Waals surface area (Å²) in [7, 11) is 0. The predicted octanol–water partition coefficient (Wildman–Crippen LogP) is 3.36. The van der Waals surface area contributed by atoms with E-state index >= 15 is 0 Å². The molecule has 2 aromatic carbocycles. The number of halogens is 1. The number of carboxylic acids is 1. The second kappa shape index (κ2) is 6.18. The molecule has 3 rings (SSSR count). The second-order valence-corrected chi connectivity index (χ2v) is 5.85. The summed E-state index contributed by atoms with van der Waals surface area (Å²) >= 11 is 1.42. The first-order valence-electron chi connectivity index (χ1n) is 6.83. The summed E-state index contributed by atoms with van der Waals surface area (Å²) in [6.45, 7) is 1.71. The number of hydrogen-bond acceptors (Lipinski definition) is 5. The fourth-order valence-corrected chi connectivity index (χ4v) is 2.82. The molecule has 0 aliphatic rings. The third-order valence-corrected chi connectivity index (χ3v) is 4.09. The van der Waals surface area contributed by atoms with Gasteiger partial charge >= 0.3 is 0 Å². The molecular formula is C17H12FN2O2S-. The highest BCUT2D eigenvalue weighted by Crippen LogP contribution is 2.28. The summed E-state index contributed by atoms with van der Waals surface area (Å²) < 4.78 is 13.3. The van der Waals surface area contributed by atoms with E-state index in [9.17, 15) is 14.3 Å². The van der Waals surface area contributed by atoms with E-state index in [-0.39, 0.29) is 11.4 Å². The molecular weight excluding hydrogens is 315 g/mol. The lowest BCUT2D eigenvalue weighted by atomic mass is 10.1. The molecule has 116 valence electrons. The Balaban J connectivity index is 1.79. The van der Waals surface area contributed by atoms with Crippen LogP contribution in [0.15, 0.2) is 47.8 Å². The maximum Gasteiger partial charge on any atom is 0.187 e. The zero-order valence-corrected chi connectivity index (χ0v) is 13.0. The SMILES string of the molecule is Cc1cc(-c2csc(Nc3ccc(C(=O)[O-])cc3)n2)ccc1F. The van der Waals surface area contributed by atoms with Gasteiger partial charge in [0, 0.05) is 16.6 Å². The van der Waals surface area contributed by atoms with Gasteiger partial charge < -0.3 is 15.2 Å². The largest absolute Gasteiger partial charge is 0.545 e. The molecule has 0 aliphatic heterocycles. The van der Waals surface area contributed by atoms with Gasteiger partial charge in [-0.1, -0.05) is 12.1 Å². The Morgan fingerprint density at radius 1 is 1.22 bits per heavy atom. The van der Waals surface area contributed by atoms with Gasteiger partial charge in [0.15, 0.2) is 5.13 Å². The summed E-state index contributed by atoms with van der Waals surface area (Å²) in [5.74, 6) is -1.45. The average Bonchev–Trinajstić information content (AvgIpc) is 2.99. The molecule has 0 fully saturated rings. The minimum absolute atomic E-state index is 0.122. The highest BCUT2D eigenvalue weighted by atomic mass is 32.1. The number of anilines is 2. The normalized spacial score (nSPS) is 10.5. The van der Waals surface area contributed by atoms with Gasteiger partial charge in [-0.15, -0.1) is 11.3 Å². The summed E-state index contributed by atoms with van der Waals surface area (Å²) in [5.41, 5.74) is 3.03. The molecule has 0 radical (unpaired) electrons. The number of carbonyl (C=O) groups excluding carboxylic acids is 1. The fraction of sp³-hybridized carbons (Fsp3) is 0.0588. The summed E-state index contributed by atoms with van der Waals surface area (Å²) in [4.78, 5) is 15.2. The van der Waals surface area contributed by atoms with Crippen LogP contribution in [0.3, 0.4) is 0 Å². The van der Waals surface area contributed by atoms with Crippen molar-refractivity contribution in [2.24, 2.45) is 0 Å². The zero-order chi connectivity index (χ0) is 16.4. The van der Waals surface area contributed by atoms with Gasteiger partial charge in [-0.05, 0) is 48.4 Å². The number of rotatable bonds is 4. The van der Waals surface area contributed by atoms with Gasteiger partial charge in [0.05, 0.1) is 11.7 Å². The van der Waals surface area contributed by atoms with E-state index in [1.807, 2.05) is 5.38 Å². The molecule has 1 aromatic heterocycles. The first kappa shape index (κ1) is 15.2. The van der Waals surface area contributed by atoms with Gasteiger partial charge in [0.25, 0.3) is 0 Å². The van der Waals surface area contributed by atoms with Crippen molar-refractivity contribution in [3.8, 4) is 11.3 Å². The lowest BCUT2D eigenvalue weighted by Gasteiger charge is -2.05. The van der Waals surface area contributed by atoms with Gasteiger partial charge in [-0.25, -0.2) is 9.37 Å². The van der Waals surface area contributed by atoms with Crippen LogP contribution in [0.25, 0.3) is 11.3 Å². The van der Waals surface area contributed by atoms with Crippen molar-refractivity contribution in [3.63, 3.8) is 0 Å². The van der Waals surface area contributed by atoms with E-state index in [0.29, 0.717) is 10.7 Å². The standard InChI is InChI=1S/C17H13FN2O2S/c1-10-8-12(4-7-14(10)18)15-9-23-17(20-15)19-13-5-2-11(3-6-13)16(21)22/h2-9H,1H3,(H,19,20)(H,21,22)/p-1. The lowest BCUT2D eigenvalue weighted by molar-refractivity contribution is -0.255. The van der Waals surface area contributed by atoms with Crippen LogP contribution < -0.4 is 10.4 Å². The Bertz CT molecular complexity index is 859. The number of benzene rings is 2. The molecule has 6 heteroatoms. The van der Waals surface area contributed by atoms with E-state index in [0.717, 1.165) is 16.9 Å². The topological polar surface area (TPSA) is 65.0 Å². The Kier molecular flexibility index (Phi) is 4.08. The lowest BCUT2D eigenvalue weighted by Crippen LogP contribution is -2.21. The minimum Gasteiger partial charge on any atom is -0.545 e. The third-order valence-electron chi connectivity index (χ3n) is 3.33. The summed E-state index contributed by atoms with van der Waals surface area (Å²) in [6.07, 6.45) is 0. The van der Waals surface area contributed by atoms with Crippen molar-refractivity contribution in [1.29, 1.82) is 0 Å². The number of thiazole rings is 1. The van der Waals surface area contributed by atoms with Crippen LogP contribution in [0.5, 0.6) is 0 Å². The van der Waals surface area contributed by atoms with Crippen molar-refractivity contribution >= 4 is 28.1 Å². The molecule has 0 aliphatic carbocycles. The van der Waals surface area contributed by atoms with Crippen LogP contribution in [0.1, 0.15) is 15.9 Å². The molecule has 0 saturated carbocycles. The zero-order valence-electron chi connectivity index (χ0n) is 12.2. The number of aryl methyl sites for hydroxylation is 1. The van der Waals surface area contributed by atoms with Crippen molar-refractivity contribution in [2.45, 2.75) is 6.92 Å². The number of hydrogen-bond donors (Lipinski definition) is 1.